The smallest absolute Gasteiger partial charge is 0.252 e. The van der Waals surface area contributed by atoms with E-state index in [1.165, 1.54) is 24.6 Å². The average molecular weight is 428 g/mol. The number of aromatic nitrogens is 1. The highest BCUT2D eigenvalue weighted by Gasteiger charge is 2.47. The molecule has 0 saturated heterocycles. The van der Waals surface area contributed by atoms with E-state index < -0.39 is 27.8 Å². The molecule has 1 amide bonds. The predicted molar refractivity (Wildman–Crippen MR) is 101 cm³/mol. The number of amides is 1. The third-order valence-corrected chi connectivity index (χ3v) is 8.12. The molecule has 4 rings (SSSR count). The molecule has 0 bridgehead atoms. The van der Waals surface area contributed by atoms with Gasteiger partial charge in [0, 0.05) is 33.7 Å². The Morgan fingerprint density at radius 2 is 2.15 bits per heavy atom. The third kappa shape index (κ3) is 2.57. The van der Waals surface area contributed by atoms with Gasteiger partial charge in [-0.15, -0.1) is 22.7 Å². The SMILES string of the molecule is CN1C(C(=O)Nc2nccs2)C(=O)c2sc3cc(Cl)ccc3c2S1(=O)=O. The molecule has 1 atom stereocenters. The van der Waals surface area contributed by atoms with Crippen LogP contribution in [0.25, 0.3) is 10.1 Å². The zero-order valence-electron chi connectivity index (χ0n) is 13.1. The van der Waals surface area contributed by atoms with Gasteiger partial charge in [0.05, 0.1) is 4.88 Å². The number of Topliss-reactive ketones (excluding diaryl/α,β-unsaturated/α-hetero) is 1. The second-order valence-electron chi connectivity index (χ2n) is 5.52. The zero-order chi connectivity index (χ0) is 18.6. The number of nitrogens with one attached hydrogen (secondary N) is 1. The molecule has 1 N–H and O–H groups in total. The van der Waals surface area contributed by atoms with Gasteiger partial charge in [0.1, 0.15) is 4.90 Å². The molecule has 0 saturated carbocycles. The van der Waals surface area contributed by atoms with Crippen LogP contribution in [0.1, 0.15) is 9.67 Å². The van der Waals surface area contributed by atoms with Crippen LogP contribution in [-0.4, -0.2) is 42.5 Å². The first-order chi connectivity index (χ1) is 12.3. The Labute approximate surface area is 161 Å². The standard InChI is InChI=1S/C15H10ClN3O4S3/c1-19-10(14(21)18-15-17-4-5-24-15)11(20)12-13(26(19,22)23)8-3-2-7(16)6-9(8)25-12/h2-6,10H,1H3,(H,17,18,21). The highest BCUT2D eigenvalue weighted by Crippen LogP contribution is 2.41. The van der Waals surface area contributed by atoms with Crippen LogP contribution >= 0.6 is 34.3 Å². The van der Waals surface area contributed by atoms with E-state index in [1.54, 1.807) is 23.6 Å². The number of sulfonamides is 1. The number of likely N-dealkylation sites (N-methyl/N-ethyl adjacent to an activating group) is 1. The van der Waals surface area contributed by atoms with Gasteiger partial charge in [0.25, 0.3) is 5.91 Å². The van der Waals surface area contributed by atoms with Crippen LogP contribution < -0.4 is 5.32 Å². The van der Waals surface area contributed by atoms with E-state index in [-0.39, 0.29) is 9.77 Å². The molecule has 0 fully saturated rings. The highest BCUT2D eigenvalue weighted by molar-refractivity contribution is 7.89. The minimum absolute atomic E-state index is 0.0413. The Kier molecular flexibility index (Phi) is 4.12. The van der Waals surface area contributed by atoms with Gasteiger partial charge < -0.3 is 5.32 Å². The maximum atomic E-state index is 13.0. The van der Waals surface area contributed by atoms with E-state index in [0.29, 0.717) is 20.2 Å². The van der Waals surface area contributed by atoms with Crippen LogP contribution in [0.15, 0.2) is 34.7 Å². The first-order valence-electron chi connectivity index (χ1n) is 7.25. The number of ketones is 1. The summed E-state index contributed by atoms with van der Waals surface area (Å²) in [6.07, 6.45) is 1.50. The minimum atomic E-state index is -4.02. The van der Waals surface area contributed by atoms with Crippen molar-refractivity contribution in [2.24, 2.45) is 0 Å². The molecule has 1 unspecified atom stereocenters. The molecule has 1 aliphatic rings. The average Bonchev–Trinajstić information content (AvgIpc) is 3.20. The van der Waals surface area contributed by atoms with Gasteiger partial charge >= 0.3 is 0 Å². The van der Waals surface area contributed by atoms with Crippen LogP contribution in [0.3, 0.4) is 0 Å². The quantitative estimate of drug-likeness (QED) is 0.634. The summed E-state index contributed by atoms with van der Waals surface area (Å²) < 4.78 is 27.3. The summed E-state index contributed by atoms with van der Waals surface area (Å²) in [7, 11) is -2.80. The number of hydrogen-bond donors (Lipinski definition) is 1. The Morgan fingerprint density at radius 3 is 2.85 bits per heavy atom. The molecular weight excluding hydrogens is 418 g/mol. The molecule has 1 aromatic carbocycles. The molecule has 7 nitrogen and oxygen atoms in total. The van der Waals surface area contributed by atoms with E-state index >= 15 is 0 Å². The van der Waals surface area contributed by atoms with Crippen molar-refractivity contribution < 1.29 is 18.0 Å². The fraction of sp³-hybridized carbons (Fsp3) is 0.133. The number of nitrogens with zero attached hydrogens (tertiary/aromatic N) is 2. The molecule has 3 aromatic rings. The van der Waals surface area contributed by atoms with Gasteiger partial charge in [-0.3, -0.25) is 9.59 Å². The molecule has 1 aliphatic heterocycles. The summed E-state index contributed by atoms with van der Waals surface area (Å²) in [6, 6.07) is 3.26. The van der Waals surface area contributed by atoms with Crippen LogP contribution in [0.5, 0.6) is 0 Å². The lowest BCUT2D eigenvalue weighted by Gasteiger charge is -2.29. The van der Waals surface area contributed by atoms with E-state index in [1.807, 2.05) is 0 Å². The maximum Gasteiger partial charge on any atom is 0.252 e. The number of carbonyl (C=O) groups excluding carboxylic acids is 2. The lowest BCUT2D eigenvalue weighted by Crippen LogP contribution is -2.52. The minimum Gasteiger partial charge on any atom is -0.300 e. The molecule has 11 heteroatoms. The second kappa shape index (κ2) is 6.10. The predicted octanol–water partition coefficient (Wildman–Crippen LogP) is 2.84. The van der Waals surface area contributed by atoms with Crippen molar-refractivity contribution in [3.8, 4) is 0 Å². The molecule has 0 spiro atoms. The number of fused-ring (bicyclic) bond motifs is 3. The van der Waals surface area contributed by atoms with Gasteiger partial charge in [-0.25, -0.2) is 13.4 Å². The maximum absolute atomic E-state index is 13.0. The molecular formula is C15H10ClN3O4S3. The zero-order valence-corrected chi connectivity index (χ0v) is 16.3. The van der Waals surface area contributed by atoms with Crippen LogP contribution in [0, 0.1) is 0 Å². The Hall–Kier alpha value is -1.85. The van der Waals surface area contributed by atoms with Crippen molar-refractivity contribution in [1.29, 1.82) is 0 Å². The Bertz CT molecular complexity index is 1150. The summed E-state index contributed by atoms with van der Waals surface area (Å²) >= 11 is 8.17. The van der Waals surface area contributed by atoms with Crippen molar-refractivity contribution in [1.82, 2.24) is 9.29 Å². The summed E-state index contributed by atoms with van der Waals surface area (Å²) in [5.41, 5.74) is 0. The number of thiophene rings is 1. The largest absolute Gasteiger partial charge is 0.300 e. The number of anilines is 1. The van der Waals surface area contributed by atoms with E-state index in [2.05, 4.69) is 10.3 Å². The highest BCUT2D eigenvalue weighted by atomic mass is 35.5. The van der Waals surface area contributed by atoms with Gasteiger partial charge in [-0.2, -0.15) is 4.31 Å². The molecule has 0 aliphatic carbocycles. The molecule has 26 heavy (non-hydrogen) atoms. The van der Waals surface area contributed by atoms with Crippen molar-refractivity contribution >= 4 is 71.2 Å². The van der Waals surface area contributed by atoms with Crippen LogP contribution in [0.4, 0.5) is 5.13 Å². The number of thiazole rings is 1. The number of benzene rings is 1. The van der Waals surface area contributed by atoms with E-state index in [9.17, 15) is 18.0 Å². The summed E-state index contributed by atoms with van der Waals surface area (Å²) in [5, 5.41) is 5.30. The Balaban J connectivity index is 1.85. The lowest BCUT2D eigenvalue weighted by atomic mass is 10.1. The molecule has 2 aromatic heterocycles. The van der Waals surface area contributed by atoms with E-state index in [0.717, 1.165) is 15.6 Å². The topological polar surface area (TPSA) is 96.4 Å². The van der Waals surface area contributed by atoms with Crippen molar-refractivity contribution in [2.75, 3.05) is 12.4 Å². The summed E-state index contributed by atoms with van der Waals surface area (Å²) in [5.74, 6) is -1.30. The number of hydrogen-bond acceptors (Lipinski definition) is 7. The Morgan fingerprint density at radius 1 is 1.38 bits per heavy atom. The fourth-order valence-corrected chi connectivity index (χ4v) is 6.70. The summed E-state index contributed by atoms with van der Waals surface area (Å²) in [6.45, 7) is 0. The van der Waals surface area contributed by atoms with Crippen molar-refractivity contribution in [3.63, 3.8) is 0 Å². The van der Waals surface area contributed by atoms with E-state index in [4.69, 9.17) is 11.6 Å². The second-order valence-corrected chi connectivity index (χ2v) is 9.83. The molecule has 134 valence electrons. The van der Waals surface area contributed by atoms with Gasteiger partial charge in [-0.05, 0) is 12.1 Å². The first-order valence-corrected chi connectivity index (χ1v) is 10.8. The van der Waals surface area contributed by atoms with Gasteiger partial charge in [-0.1, -0.05) is 17.7 Å². The molecule has 0 radical (unpaired) electrons. The number of rotatable bonds is 2. The van der Waals surface area contributed by atoms with Crippen molar-refractivity contribution in [3.05, 3.63) is 39.7 Å². The third-order valence-electron chi connectivity index (χ3n) is 3.99. The summed E-state index contributed by atoms with van der Waals surface area (Å²) in [4.78, 5) is 29.4. The van der Waals surface area contributed by atoms with Gasteiger partial charge in [0.2, 0.25) is 15.8 Å². The fourth-order valence-electron chi connectivity index (χ4n) is 2.78. The van der Waals surface area contributed by atoms with Crippen LogP contribution in [0.2, 0.25) is 5.02 Å². The number of halogens is 1. The van der Waals surface area contributed by atoms with Gasteiger partial charge in [0.15, 0.2) is 11.2 Å². The number of carbonyl (C=O) groups is 2. The lowest BCUT2D eigenvalue weighted by molar-refractivity contribution is -0.118. The normalized spacial score (nSPS) is 19.5. The monoisotopic (exact) mass is 427 g/mol. The van der Waals surface area contributed by atoms with Crippen molar-refractivity contribution in [2.45, 2.75) is 10.9 Å². The first kappa shape index (κ1) is 17.6. The van der Waals surface area contributed by atoms with Crippen LogP contribution in [-0.2, 0) is 14.8 Å². The molecule has 3 heterocycles.